The molecular formula is C25H24N2O4. The first-order chi connectivity index (χ1) is 14.7. The number of benzene rings is 2. The van der Waals surface area contributed by atoms with Crippen LogP contribution in [-0.4, -0.2) is 22.1 Å². The zero-order chi connectivity index (χ0) is 22.7. The highest BCUT2D eigenvalue weighted by atomic mass is 16.5. The minimum atomic E-state index is -0.635. The van der Waals surface area contributed by atoms with E-state index in [0.29, 0.717) is 5.75 Å². The molecule has 6 nitrogen and oxygen atoms in total. The summed E-state index contributed by atoms with van der Waals surface area (Å²) in [6.45, 7) is 7.06. The number of Topliss-reactive ketones (excluding diaryl/α,β-unsaturated/α-hetero) is 1. The molecule has 2 aromatic carbocycles. The molecule has 0 unspecified atom stereocenters. The lowest BCUT2D eigenvalue weighted by molar-refractivity contribution is 0.0916. The lowest BCUT2D eigenvalue weighted by Gasteiger charge is -2.16. The van der Waals surface area contributed by atoms with Crippen molar-refractivity contribution in [1.29, 1.82) is 5.26 Å². The molecule has 0 radical (unpaired) electrons. The Kier molecular flexibility index (Phi) is 6.26. The van der Waals surface area contributed by atoms with Crippen molar-refractivity contribution in [2.75, 3.05) is 6.61 Å². The lowest BCUT2D eigenvalue weighted by atomic mass is 10.0. The van der Waals surface area contributed by atoms with Crippen LogP contribution in [0.1, 0.15) is 43.7 Å². The molecule has 0 bridgehead atoms. The molecule has 0 spiro atoms. The number of carbonyl (C=O) groups excluding carboxylic acids is 1. The number of ketones is 1. The van der Waals surface area contributed by atoms with Crippen molar-refractivity contribution in [2.45, 2.75) is 34.2 Å². The zero-order valence-electron chi connectivity index (χ0n) is 18.0. The van der Waals surface area contributed by atoms with Crippen LogP contribution in [0.15, 0.2) is 47.3 Å². The highest BCUT2D eigenvalue weighted by Gasteiger charge is 2.24. The van der Waals surface area contributed by atoms with Gasteiger partial charge in [-0.05, 0) is 62.1 Å². The van der Waals surface area contributed by atoms with Crippen molar-refractivity contribution in [3.63, 3.8) is 0 Å². The molecule has 0 saturated heterocycles. The molecule has 1 heterocycles. The van der Waals surface area contributed by atoms with E-state index < -0.39 is 17.2 Å². The van der Waals surface area contributed by atoms with Gasteiger partial charge in [-0.25, -0.2) is 0 Å². The highest BCUT2D eigenvalue weighted by molar-refractivity contribution is 6.01. The Morgan fingerprint density at radius 2 is 1.74 bits per heavy atom. The SMILES string of the molecule is Cc1ccc(Cn2c(O)c(C(=O)COc3ccc(C)c(C)c3)c(C)c(C#N)c2=O)cc1. The molecular weight excluding hydrogens is 392 g/mol. The number of ether oxygens (including phenoxy) is 1. The summed E-state index contributed by atoms with van der Waals surface area (Å²) < 4.78 is 6.67. The van der Waals surface area contributed by atoms with Gasteiger partial charge in [0.05, 0.1) is 12.1 Å². The number of nitriles is 1. The third-order valence-electron chi connectivity index (χ3n) is 5.39. The molecule has 3 rings (SSSR count). The number of aromatic hydroxyl groups is 1. The first-order valence-electron chi connectivity index (χ1n) is 9.88. The summed E-state index contributed by atoms with van der Waals surface area (Å²) in [6.07, 6.45) is 0. The Labute approximate surface area is 181 Å². The molecule has 6 heteroatoms. The number of carbonyl (C=O) groups is 1. The van der Waals surface area contributed by atoms with Gasteiger partial charge in [0.15, 0.2) is 6.61 Å². The van der Waals surface area contributed by atoms with Crippen LogP contribution in [0.5, 0.6) is 11.6 Å². The highest BCUT2D eigenvalue weighted by Crippen LogP contribution is 2.24. The Bertz CT molecular complexity index is 1250. The number of nitrogens with zero attached hydrogens (tertiary/aromatic N) is 2. The number of hydrogen-bond donors (Lipinski definition) is 1. The summed E-state index contributed by atoms with van der Waals surface area (Å²) in [5, 5.41) is 20.3. The van der Waals surface area contributed by atoms with Crippen LogP contribution in [0.25, 0.3) is 0 Å². The standard InChI is InChI=1S/C25H24N2O4/c1-15-5-8-19(9-6-15)13-27-24(29)21(12-26)18(4)23(25(27)30)22(28)14-31-20-10-7-16(2)17(3)11-20/h5-11,30H,13-14H2,1-4H3. The molecule has 158 valence electrons. The number of rotatable bonds is 6. The smallest absolute Gasteiger partial charge is 0.271 e. The van der Waals surface area contributed by atoms with Crippen molar-refractivity contribution >= 4 is 5.78 Å². The fraction of sp³-hybridized carbons (Fsp3) is 0.240. The van der Waals surface area contributed by atoms with E-state index in [2.05, 4.69) is 0 Å². The van der Waals surface area contributed by atoms with Gasteiger partial charge in [0, 0.05) is 0 Å². The molecule has 3 aromatic rings. The van der Waals surface area contributed by atoms with Crippen LogP contribution in [0, 0.1) is 39.0 Å². The summed E-state index contributed by atoms with van der Waals surface area (Å²) in [5.74, 6) is -0.444. The molecule has 0 amide bonds. The summed E-state index contributed by atoms with van der Waals surface area (Å²) in [5.41, 5.74) is 3.23. The molecule has 0 aliphatic rings. The zero-order valence-corrected chi connectivity index (χ0v) is 18.0. The monoisotopic (exact) mass is 416 g/mol. The van der Waals surface area contributed by atoms with E-state index in [1.54, 1.807) is 6.07 Å². The van der Waals surface area contributed by atoms with Gasteiger partial charge in [0.25, 0.3) is 5.56 Å². The van der Waals surface area contributed by atoms with E-state index in [0.717, 1.165) is 26.8 Å². The average molecular weight is 416 g/mol. The van der Waals surface area contributed by atoms with E-state index in [1.807, 2.05) is 63.2 Å². The first kappa shape index (κ1) is 21.8. The van der Waals surface area contributed by atoms with Crippen LogP contribution >= 0.6 is 0 Å². The lowest BCUT2D eigenvalue weighted by Crippen LogP contribution is -2.28. The largest absolute Gasteiger partial charge is 0.494 e. The van der Waals surface area contributed by atoms with Crippen molar-refractivity contribution in [2.24, 2.45) is 0 Å². The number of hydrogen-bond acceptors (Lipinski definition) is 5. The number of aryl methyl sites for hydroxylation is 3. The summed E-state index contributed by atoms with van der Waals surface area (Å²) in [6, 6.07) is 14.8. The molecule has 0 saturated carbocycles. The van der Waals surface area contributed by atoms with Gasteiger partial charge in [0.1, 0.15) is 17.4 Å². The molecule has 0 atom stereocenters. The maximum Gasteiger partial charge on any atom is 0.271 e. The molecule has 0 aliphatic heterocycles. The Morgan fingerprint density at radius 3 is 2.35 bits per heavy atom. The molecule has 0 fully saturated rings. The van der Waals surface area contributed by atoms with Gasteiger partial charge < -0.3 is 9.84 Å². The van der Waals surface area contributed by atoms with Crippen molar-refractivity contribution in [3.05, 3.63) is 91.8 Å². The predicted octanol–water partition coefficient (Wildman–Crippen LogP) is 3.97. The summed E-state index contributed by atoms with van der Waals surface area (Å²) >= 11 is 0. The second-order valence-electron chi connectivity index (χ2n) is 7.65. The summed E-state index contributed by atoms with van der Waals surface area (Å²) in [4.78, 5) is 25.7. The van der Waals surface area contributed by atoms with Gasteiger partial charge in [-0.3, -0.25) is 14.2 Å². The van der Waals surface area contributed by atoms with Crippen LogP contribution < -0.4 is 10.3 Å². The van der Waals surface area contributed by atoms with Crippen molar-refractivity contribution in [3.8, 4) is 17.7 Å². The fourth-order valence-electron chi connectivity index (χ4n) is 3.33. The molecule has 0 aliphatic carbocycles. The van der Waals surface area contributed by atoms with Gasteiger partial charge >= 0.3 is 0 Å². The van der Waals surface area contributed by atoms with Gasteiger partial charge in [-0.2, -0.15) is 5.26 Å². The maximum atomic E-state index is 12.9. The third-order valence-corrected chi connectivity index (χ3v) is 5.39. The maximum absolute atomic E-state index is 12.9. The van der Waals surface area contributed by atoms with Crippen molar-refractivity contribution < 1.29 is 14.6 Å². The van der Waals surface area contributed by atoms with Crippen LogP contribution in [0.2, 0.25) is 0 Å². The topological polar surface area (TPSA) is 92.3 Å². The molecule has 1 aromatic heterocycles. The molecule has 31 heavy (non-hydrogen) atoms. The van der Waals surface area contributed by atoms with Gasteiger partial charge in [-0.1, -0.05) is 35.9 Å². The first-order valence-corrected chi connectivity index (χ1v) is 9.88. The van der Waals surface area contributed by atoms with E-state index in [4.69, 9.17) is 4.74 Å². The Morgan fingerprint density at radius 1 is 1.06 bits per heavy atom. The van der Waals surface area contributed by atoms with Gasteiger partial charge in [0.2, 0.25) is 11.7 Å². The van der Waals surface area contributed by atoms with Crippen LogP contribution in [0.4, 0.5) is 0 Å². The predicted molar refractivity (Wildman–Crippen MR) is 118 cm³/mol. The normalized spacial score (nSPS) is 10.5. The van der Waals surface area contributed by atoms with E-state index >= 15 is 0 Å². The second-order valence-corrected chi connectivity index (χ2v) is 7.65. The minimum Gasteiger partial charge on any atom is -0.494 e. The van der Waals surface area contributed by atoms with Crippen LogP contribution in [0.3, 0.4) is 0 Å². The molecule has 1 N–H and O–H groups in total. The van der Waals surface area contributed by atoms with E-state index in [1.165, 1.54) is 6.92 Å². The Hall–Kier alpha value is -3.85. The van der Waals surface area contributed by atoms with Gasteiger partial charge in [-0.15, -0.1) is 0 Å². The summed E-state index contributed by atoms with van der Waals surface area (Å²) in [7, 11) is 0. The van der Waals surface area contributed by atoms with E-state index in [9.17, 15) is 20.0 Å². The Balaban J connectivity index is 1.97. The fourth-order valence-corrected chi connectivity index (χ4v) is 3.33. The average Bonchev–Trinajstić information content (AvgIpc) is 2.73. The second kappa shape index (κ2) is 8.88. The third kappa shape index (κ3) is 4.51. The van der Waals surface area contributed by atoms with Crippen molar-refractivity contribution in [1.82, 2.24) is 4.57 Å². The van der Waals surface area contributed by atoms with Crippen LogP contribution in [-0.2, 0) is 6.54 Å². The quantitative estimate of drug-likeness (QED) is 0.614. The number of aromatic nitrogens is 1. The number of pyridine rings is 1. The minimum absolute atomic E-state index is 0.0399. The van der Waals surface area contributed by atoms with E-state index in [-0.39, 0.29) is 29.8 Å².